The summed E-state index contributed by atoms with van der Waals surface area (Å²) in [5.41, 5.74) is 0. The van der Waals surface area contributed by atoms with E-state index in [0.29, 0.717) is 5.92 Å². The van der Waals surface area contributed by atoms with Crippen molar-refractivity contribution in [1.82, 2.24) is 0 Å². The Balaban J connectivity index is 2.16. The molecular weight excluding hydrogens is 196 g/mol. The number of benzene rings is 1. The molecule has 0 aliphatic carbocycles. The predicted molar refractivity (Wildman–Crippen MR) is 61.1 cm³/mol. The average molecular weight is 213 g/mol. The van der Waals surface area contributed by atoms with Gasteiger partial charge in [0.15, 0.2) is 0 Å². The van der Waals surface area contributed by atoms with Crippen LogP contribution in [0.5, 0.6) is 5.75 Å². The molecule has 0 N–H and O–H groups in total. The van der Waals surface area contributed by atoms with Crippen LogP contribution in [0.15, 0.2) is 30.3 Å². The number of halogens is 1. The second-order valence-corrected chi connectivity index (χ2v) is 3.91. The highest BCUT2D eigenvalue weighted by Crippen LogP contribution is 2.12. The molecule has 1 aromatic rings. The van der Waals surface area contributed by atoms with E-state index in [1.54, 1.807) is 0 Å². The van der Waals surface area contributed by atoms with Gasteiger partial charge in [0.1, 0.15) is 5.75 Å². The Morgan fingerprint density at radius 1 is 1.21 bits per heavy atom. The average Bonchev–Trinajstić information content (AvgIpc) is 2.20. The quantitative estimate of drug-likeness (QED) is 0.653. The highest BCUT2D eigenvalue weighted by Gasteiger charge is 2.01. The third-order valence-corrected chi connectivity index (χ3v) is 2.44. The number of hydrogen-bond donors (Lipinski definition) is 0. The molecule has 0 aliphatic rings. The van der Waals surface area contributed by atoms with Gasteiger partial charge in [-0.1, -0.05) is 25.1 Å². The zero-order valence-corrected chi connectivity index (χ0v) is 9.33. The van der Waals surface area contributed by atoms with E-state index >= 15 is 0 Å². The zero-order valence-electron chi connectivity index (χ0n) is 8.58. The summed E-state index contributed by atoms with van der Waals surface area (Å²) >= 11 is 5.65. The van der Waals surface area contributed by atoms with Crippen LogP contribution in [0.2, 0.25) is 0 Å². The molecule has 1 nitrogen and oxygen atoms in total. The van der Waals surface area contributed by atoms with E-state index in [1.165, 1.54) is 0 Å². The van der Waals surface area contributed by atoms with Crippen LogP contribution < -0.4 is 4.74 Å². The lowest BCUT2D eigenvalue weighted by Crippen LogP contribution is -2.04. The molecule has 1 unspecified atom stereocenters. The lowest BCUT2D eigenvalue weighted by Gasteiger charge is -2.10. The normalized spacial score (nSPS) is 12.4. The van der Waals surface area contributed by atoms with Crippen LogP contribution in [0.4, 0.5) is 0 Å². The van der Waals surface area contributed by atoms with Crippen molar-refractivity contribution in [1.29, 1.82) is 0 Å². The third kappa shape index (κ3) is 4.52. The number of ether oxygens (including phenoxy) is 1. The molecule has 1 aromatic carbocycles. The molecule has 0 fully saturated rings. The smallest absolute Gasteiger partial charge is 0.119 e. The lowest BCUT2D eigenvalue weighted by atomic mass is 10.1. The summed E-state index contributed by atoms with van der Waals surface area (Å²) in [6, 6.07) is 9.91. The summed E-state index contributed by atoms with van der Waals surface area (Å²) in [6.45, 7) is 2.98. The number of rotatable bonds is 6. The third-order valence-electron chi connectivity index (χ3n) is 2.22. The van der Waals surface area contributed by atoms with E-state index in [4.69, 9.17) is 16.3 Å². The van der Waals surface area contributed by atoms with Gasteiger partial charge in [0.05, 0.1) is 6.61 Å². The Bertz CT molecular complexity index is 235. The molecule has 14 heavy (non-hydrogen) atoms. The van der Waals surface area contributed by atoms with Crippen LogP contribution in [-0.4, -0.2) is 12.5 Å². The maximum absolute atomic E-state index is 5.65. The first-order valence-corrected chi connectivity index (χ1v) is 5.60. The van der Waals surface area contributed by atoms with E-state index < -0.39 is 0 Å². The van der Waals surface area contributed by atoms with Crippen molar-refractivity contribution in [3.05, 3.63) is 30.3 Å². The maximum Gasteiger partial charge on any atom is 0.119 e. The van der Waals surface area contributed by atoms with E-state index in [2.05, 4.69) is 6.92 Å². The Morgan fingerprint density at radius 2 is 1.93 bits per heavy atom. The highest BCUT2D eigenvalue weighted by atomic mass is 35.5. The topological polar surface area (TPSA) is 9.23 Å². The summed E-state index contributed by atoms with van der Waals surface area (Å²) in [6.07, 6.45) is 2.14. The standard InChI is InChI=1S/C12H17ClO/c1-11(7-9-13)8-10-14-12-5-3-2-4-6-12/h2-6,11H,7-10H2,1H3. The summed E-state index contributed by atoms with van der Waals surface area (Å²) in [5, 5.41) is 0. The molecule has 2 heteroatoms. The molecule has 1 atom stereocenters. The first-order chi connectivity index (χ1) is 6.83. The van der Waals surface area contributed by atoms with Crippen molar-refractivity contribution in [2.24, 2.45) is 5.92 Å². The molecular formula is C12H17ClO. The Labute approximate surface area is 91.0 Å². The van der Waals surface area contributed by atoms with E-state index in [1.807, 2.05) is 30.3 Å². The van der Waals surface area contributed by atoms with Gasteiger partial charge in [0, 0.05) is 5.88 Å². The van der Waals surface area contributed by atoms with Gasteiger partial charge in [-0.05, 0) is 30.9 Å². The fourth-order valence-corrected chi connectivity index (χ4v) is 1.60. The van der Waals surface area contributed by atoms with Gasteiger partial charge in [-0.3, -0.25) is 0 Å². The monoisotopic (exact) mass is 212 g/mol. The first-order valence-electron chi connectivity index (χ1n) is 5.06. The molecule has 0 aromatic heterocycles. The van der Waals surface area contributed by atoms with Gasteiger partial charge in [-0.2, -0.15) is 0 Å². The molecule has 78 valence electrons. The summed E-state index contributed by atoms with van der Waals surface area (Å²) in [5.74, 6) is 2.34. The lowest BCUT2D eigenvalue weighted by molar-refractivity contribution is 0.282. The van der Waals surface area contributed by atoms with Crippen LogP contribution in [0.25, 0.3) is 0 Å². The molecule has 0 saturated heterocycles. The summed E-state index contributed by atoms with van der Waals surface area (Å²) in [4.78, 5) is 0. The van der Waals surface area contributed by atoms with Gasteiger partial charge < -0.3 is 4.74 Å². The fraction of sp³-hybridized carbons (Fsp3) is 0.500. The molecule has 0 radical (unpaired) electrons. The van der Waals surface area contributed by atoms with Gasteiger partial charge >= 0.3 is 0 Å². The van der Waals surface area contributed by atoms with Crippen molar-refractivity contribution < 1.29 is 4.74 Å². The van der Waals surface area contributed by atoms with Gasteiger partial charge in [0.25, 0.3) is 0 Å². The van der Waals surface area contributed by atoms with Gasteiger partial charge in [-0.15, -0.1) is 11.6 Å². The molecule has 0 bridgehead atoms. The van der Waals surface area contributed by atoms with Crippen LogP contribution in [-0.2, 0) is 0 Å². The molecule has 1 rings (SSSR count). The largest absolute Gasteiger partial charge is 0.494 e. The van der Waals surface area contributed by atoms with Crippen LogP contribution in [0, 0.1) is 5.92 Å². The summed E-state index contributed by atoms with van der Waals surface area (Å²) < 4.78 is 5.58. The molecule has 0 spiro atoms. The Morgan fingerprint density at radius 3 is 2.57 bits per heavy atom. The maximum atomic E-state index is 5.65. The molecule has 0 aliphatic heterocycles. The van der Waals surface area contributed by atoms with Crippen molar-refractivity contribution in [3.63, 3.8) is 0 Å². The minimum atomic E-state index is 0.649. The number of para-hydroxylation sites is 1. The second kappa shape index (κ2) is 6.72. The number of alkyl halides is 1. The van der Waals surface area contributed by atoms with Crippen molar-refractivity contribution >= 4 is 11.6 Å². The fourth-order valence-electron chi connectivity index (χ4n) is 1.23. The first kappa shape index (κ1) is 11.4. The van der Waals surface area contributed by atoms with Crippen LogP contribution >= 0.6 is 11.6 Å². The van der Waals surface area contributed by atoms with Gasteiger partial charge in [-0.25, -0.2) is 0 Å². The van der Waals surface area contributed by atoms with Crippen molar-refractivity contribution in [2.45, 2.75) is 19.8 Å². The Hall–Kier alpha value is -0.690. The minimum Gasteiger partial charge on any atom is -0.494 e. The molecule has 0 saturated carbocycles. The molecule has 0 heterocycles. The Kier molecular flexibility index (Phi) is 5.46. The van der Waals surface area contributed by atoms with Crippen molar-refractivity contribution in [2.75, 3.05) is 12.5 Å². The number of hydrogen-bond acceptors (Lipinski definition) is 1. The second-order valence-electron chi connectivity index (χ2n) is 3.53. The van der Waals surface area contributed by atoms with E-state index in [9.17, 15) is 0 Å². The predicted octanol–water partition coefficient (Wildman–Crippen LogP) is 3.72. The summed E-state index contributed by atoms with van der Waals surface area (Å²) in [7, 11) is 0. The minimum absolute atomic E-state index is 0.649. The van der Waals surface area contributed by atoms with Crippen LogP contribution in [0.1, 0.15) is 19.8 Å². The van der Waals surface area contributed by atoms with E-state index in [0.717, 1.165) is 31.1 Å². The highest BCUT2D eigenvalue weighted by molar-refractivity contribution is 6.17. The van der Waals surface area contributed by atoms with Gasteiger partial charge in [0.2, 0.25) is 0 Å². The van der Waals surface area contributed by atoms with Crippen LogP contribution in [0.3, 0.4) is 0 Å². The van der Waals surface area contributed by atoms with E-state index in [-0.39, 0.29) is 0 Å². The molecule has 0 amide bonds. The van der Waals surface area contributed by atoms with Crippen molar-refractivity contribution in [3.8, 4) is 5.75 Å². The SMILES string of the molecule is CC(CCCl)CCOc1ccccc1. The zero-order chi connectivity index (χ0) is 10.2.